The lowest BCUT2D eigenvalue weighted by atomic mass is 10.1. The van der Waals surface area contributed by atoms with Crippen molar-refractivity contribution in [2.45, 2.75) is 25.4 Å². The normalized spacial score (nSPS) is 15.8. The first-order chi connectivity index (χ1) is 10.5. The summed E-state index contributed by atoms with van der Waals surface area (Å²) in [6, 6.07) is -0.933. The van der Waals surface area contributed by atoms with Crippen LogP contribution in [0.15, 0.2) is 6.20 Å². The Bertz CT molecular complexity index is 581. The molecule has 2 heterocycles. The molecule has 0 bridgehead atoms. The molecule has 2 rings (SSSR count). The van der Waals surface area contributed by atoms with E-state index in [1.165, 1.54) is 7.11 Å². The first-order valence-corrected chi connectivity index (χ1v) is 6.98. The van der Waals surface area contributed by atoms with E-state index in [1.807, 2.05) is 0 Å². The zero-order valence-corrected chi connectivity index (χ0v) is 12.8. The lowest BCUT2D eigenvalue weighted by Crippen LogP contribution is -2.56. The Morgan fingerprint density at radius 3 is 2.82 bits per heavy atom. The van der Waals surface area contributed by atoms with E-state index in [0.717, 1.165) is 6.20 Å². The zero-order chi connectivity index (χ0) is 16.3. The molecule has 0 amide bonds. The third-order valence-electron chi connectivity index (χ3n) is 3.37. The van der Waals surface area contributed by atoms with Gasteiger partial charge >= 0.3 is 11.7 Å². The molecule has 1 atom stereocenters. The molecule has 22 heavy (non-hydrogen) atoms. The highest BCUT2D eigenvalue weighted by molar-refractivity contribution is 6.28. The molecule has 120 valence electrons. The van der Waals surface area contributed by atoms with Crippen LogP contribution in [0.1, 0.15) is 13.3 Å². The topological polar surface area (TPSA) is 108 Å². The number of hydrogen-bond donors (Lipinski definition) is 0. The Morgan fingerprint density at radius 2 is 2.36 bits per heavy atom. The van der Waals surface area contributed by atoms with Crippen molar-refractivity contribution in [3.05, 3.63) is 21.6 Å². The number of carbonyl (C=O) groups is 1. The van der Waals surface area contributed by atoms with Crippen molar-refractivity contribution in [1.82, 2.24) is 9.97 Å². The standard InChI is InChI=1S/C12H15ClN4O5/c1-3-8(11(18)21-2)16(7-5-22-6-7)10-9(17(19)20)4-14-12(13)15-10/h4,7-8H,3,5-6H2,1-2H3. The molecule has 0 N–H and O–H groups in total. The van der Waals surface area contributed by atoms with E-state index in [0.29, 0.717) is 19.6 Å². The molecule has 1 saturated heterocycles. The smallest absolute Gasteiger partial charge is 0.329 e. The van der Waals surface area contributed by atoms with Crippen LogP contribution in [-0.2, 0) is 14.3 Å². The molecule has 1 aliphatic rings. The quantitative estimate of drug-likeness (QED) is 0.331. The fourth-order valence-electron chi connectivity index (χ4n) is 2.24. The molecule has 1 aromatic heterocycles. The van der Waals surface area contributed by atoms with Crippen LogP contribution in [0.3, 0.4) is 0 Å². The molecule has 0 aromatic carbocycles. The van der Waals surface area contributed by atoms with Crippen molar-refractivity contribution >= 4 is 29.1 Å². The number of nitrogens with zero attached hydrogens (tertiary/aromatic N) is 4. The highest BCUT2D eigenvalue weighted by Crippen LogP contribution is 2.32. The highest BCUT2D eigenvalue weighted by Gasteiger charge is 2.39. The van der Waals surface area contributed by atoms with Gasteiger partial charge in [-0.2, -0.15) is 4.98 Å². The van der Waals surface area contributed by atoms with Gasteiger partial charge in [0.05, 0.1) is 31.3 Å². The second-order valence-corrected chi connectivity index (χ2v) is 4.99. The lowest BCUT2D eigenvalue weighted by molar-refractivity contribution is -0.384. The van der Waals surface area contributed by atoms with Gasteiger partial charge in [-0.1, -0.05) is 6.92 Å². The molecule has 1 unspecified atom stereocenters. The molecule has 0 saturated carbocycles. The van der Waals surface area contributed by atoms with Gasteiger partial charge in [0, 0.05) is 0 Å². The summed E-state index contributed by atoms with van der Waals surface area (Å²) in [6.07, 6.45) is 1.42. The van der Waals surface area contributed by atoms with Gasteiger partial charge in [-0.05, 0) is 18.0 Å². The Kier molecular flexibility index (Phi) is 5.09. The number of anilines is 1. The first-order valence-electron chi connectivity index (χ1n) is 6.60. The van der Waals surface area contributed by atoms with Crippen molar-refractivity contribution in [1.29, 1.82) is 0 Å². The van der Waals surface area contributed by atoms with E-state index < -0.39 is 16.9 Å². The van der Waals surface area contributed by atoms with E-state index in [-0.39, 0.29) is 22.8 Å². The van der Waals surface area contributed by atoms with Crippen molar-refractivity contribution in [2.75, 3.05) is 25.2 Å². The minimum absolute atomic E-state index is 0.00412. The molecule has 0 radical (unpaired) electrons. The van der Waals surface area contributed by atoms with E-state index in [4.69, 9.17) is 21.1 Å². The summed E-state index contributed by atoms with van der Waals surface area (Å²) in [6.45, 7) is 2.46. The van der Waals surface area contributed by atoms with E-state index >= 15 is 0 Å². The van der Waals surface area contributed by atoms with Gasteiger partial charge in [-0.25, -0.2) is 9.78 Å². The molecular formula is C12H15ClN4O5. The summed E-state index contributed by atoms with van der Waals surface area (Å²) in [7, 11) is 1.27. The van der Waals surface area contributed by atoms with Crippen molar-refractivity contribution in [3.63, 3.8) is 0 Å². The van der Waals surface area contributed by atoms with Gasteiger partial charge in [0.15, 0.2) is 0 Å². The summed E-state index contributed by atoms with van der Waals surface area (Å²) < 4.78 is 9.92. The van der Waals surface area contributed by atoms with Crippen molar-refractivity contribution in [2.24, 2.45) is 0 Å². The Labute approximate surface area is 131 Å². The fourth-order valence-corrected chi connectivity index (χ4v) is 2.37. The van der Waals surface area contributed by atoms with Crippen LogP contribution in [0, 0.1) is 10.1 Å². The minimum atomic E-state index is -0.719. The molecule has 10 heteroatoms. The van der Waals surface area contributed by atoms with Gasteiger partial charge < -0.3 is 14.4 Å². The molecule has 9 nitrogen and oxygen atoms in total. The van der Waals surface area contributed by atoms with Gasteiger partial charge in [0.1, 0.15) is 12.2 Å². The molecule has 0 spiro atoms. The second kappa shape index (κ2) is 6.84. The summed E-state index contributed by atoms with van der Waals surface area (Å²) in [5, 5.41) is 11.1. The summed E-state index contributed by atoms with van der Waals surface area (Å²) >= 11 is 5.77. The monoisotopic (exact) mass is 330 g/mol. The molecule has 1 aliphatic heterocycles. The summed E-state index contributed by atoms with van der Waals surface area (Å²) in [5.41, 5.74) is -0.321. The van der Waals surface area contributed by atoms with Gasteiger partial charge in [-0.3, -0.25) is 10.1 Å². The highest BCUT2D eigenvalue weighted by atomic mass is 35.5. The number of nitro groups is 1. The SMILES string of the molecule is CCC(C(=O)OC)N(c1nc(Cl)ncc1[N+](=O)[O-])C1COC1. The number of hydrogen-bond acceptors (Lipinski definition) is 8. The number of methoxy groups -OCH3 is 1. The van der Waals surface area contributed by atoms with Crippen LogP contribution < -0.4 is 4.90 Å². The average molecular weight is 331 g/mol. The van der Waals surface area contributed by atoms with E-state index in [2.05, 4.69) is 9.97 Å². The largest absolute Gasteiger partial charge is 0.467 e. The zero-order valence-electron chi connectivity index (χ0n) is 12.1. The predicted molar refractivity (Wildman–Crippen MR) is 76.9 cm³/mol. The number of carbonyl (C=O) groups excluding carboxylic acids is 1. The lowest BCUT2D eigenvalue weighted by Gasteiger charge is -2.41. The maximum atomic E-state index is 12.0. The second-order valence-electron chi connectivity index (χ2n) is 4.65. The van der Waals surface area contributed by atoms with Crippen LogP contribution in [0.4, 0.5) is 11.5 Å². The van der Waals surface area contributed by atoms with Crippen LogP contribution in [0.25, 0.3) is 0 Å². The molecule has 1 aromatic rings. The Hall–Kier alpha value is -2.00. The molecular weight excluding hydrogens is 316 g/mol. The van der Waals surface area contributed by atoms with E-state index in [9.17, 15) is 14.9 Å². The Morgan fingerprint density at radius 1 is 1.68 bits per heavy atom. The van der Waals surface area contributed by atoms with Crippen LogP contribution in [0.5, 0.6) is 0 Å². The van der Waals surface area contributed by atoms with Crippen molar-refractivity contribution < 1.29 is 19.2 Å². The number of esters is 1. The molecule has 0 aliphatic carbocycles. The predicted octanol–water partition coefficient (Wildman–Crippen LogP) is 1.19. The van der Waals surface area contributed by atoms with E-state index in [1.54, 1.807) is 11.8 Å². The number of ether oxygens (including phenoxy) is 2. The Balaban J connectivity index is 2.51. The van der Waals surface area contributed by atoms with Crippen LogP contribution in [-0.4, -0.2) is 53.3 Å². The van der Waals surface area contributed by atoms with Gasteiger partial charge in [0.2, 0.25) is 11.1 Å². The molecule has 1 fully saturated rings. The van der Waals surface area contributed by atoms with Gasteiger partial charge in [0.25, 0.3) is 0 Å². The van der Waals surface area contributed by atoms with Gasteiger partial charge in [-0.15, -0.1) is 0 Å². The maximum Gasteiger partial charge on any atom is 0.329 e. The van der Waals surface area contributed by atoms with Crippen LogP contribution >= 0.6 is 11.6 Å². The maximum absolute atomic E-state index is 12.0. The number of rotatable bonds is 6. The third kappa shape index (κ3) is 3.09. The van der Waals surface area contributed by atoms with Crippen molar-refractivity contribution in [3.8, 4) is 0 Å². The number of aromatic nitrogens is 2. The fraction of sp³-hybridized carbons (Fsp3) is 0.583. The third-order valence-corrected chi connectivity index (χ3v) is 3.55. The minimum Gasteiger partial charge on any atom is -0.467 e. The average Bonchev–Trinajstić information content (AvgIpc) is 2.44. The first kappa shape index (κ1) is 16.4. The number of halogens is 1. The summed E-state index contributed by atoms with van der Waals surface area (Å²) in [4.78, 5) is 31.8. The summed E-state index contributed by atoms with van der Waals surface area (Å²) in [5.74, 6) is -0.506. The van der Waals surface area contributed by atoms with Crippen LogP contribution in [0.2, 0.25) is 5.28 Å².